The maximum atomic E-state index is 12.2. The molecule has 5 heteroatoms. The molecular weight excluding hydrogens is 278 g/mol. The van der Waals surface area contributed by atoms with Crippen LogP contribution in [0.25, 0.3) is 0 Å². The Kier molecular flexibility index (Phi) is 4.16. The number of aryl methyl sites for hydroxylation is 1. The number of carbonyl (C=O) groups excluding carboxylic acids is 2. The molecule has 1 aromatic rings. The van der Waals surface area contributed by atoms with E-state index >= 15 is 0 Å². The van der Waals surface area contributed by atoms with E-state index in [1.165, 1.54) is 12.8 Å². The Morgan fingerprint density at radius 2 is 1.91 bits per heavy atom. The number of carbonyl (C=O) groups is 2. The average Bonchev–Trinajstić information content (AvgIpc) is 3.27. The second-order valence-corrected chi connectivity index (χ2v) is 6.51. The molecule has 0 aromatic heterocycles. The van der Waals surface area contributed by atoms with Crippen LogP contribution in [0.4, 0.5) is 0 Å². The Morgan fingerprint density at radius 1 is 1.23 bits per heavy atom. The fraction of sp³-hybridized carbons (Fsp3) is 0.529. The highest BCUT2D eigenvalue weighted by molar-refractivity contribution is 5.96. The SMILES string of the molecule is Cc1ccc(C(=O)NCC(=O)N2C[C@@H](N)[C@H](C3CC3)C2)cc1. The van der Waals surface area contributed by atoms with Crippen LogP contribution in [-0.2, 0) is 4.79 Å². The highest BCUT2D eigenvalue weighted by atomic mass is 16.2. The van der Waals surface area contributed by atoms with Gasteiger partial charge in [-0.25, -0.2) is 0 Å². The van der Waals surface area contributed by atoms with E-state index in [0.29, 0.717) is 23.9 Å². The molecule has 22 heavy (non-hydrogen) atoms. The summed E-state index contributed by atoms with van der Waals surface area (Å²) in [5, 5.41) is 2.70. The molecule has 1 aliphatic heterocycles. The predicted octanol–water partition coefficient (Wildman–Crippen LogP) is 0.921. The van der Waals surface area contributed by atoms with Crippen LogP contribution < -0.4 is 11.1 Å². The van der Waals surface area contributed by atoms with E-state index in [9.17, 15) is 9.59 Å². The smallest absolute Gasteiger partial charge is 0.251 e. The maximum Gasteiger partial charge on any atom is 0.251 e. The van der Waals surface area contributed by atoms with Crippen molar-refractivity contribution in [3.05, 3.63) is 35.4 Å². The van der Waals surface area contributed by atoms with E-state index < -0.39 is 0 Å². The molecule has 0 radical (unpaired) electrons. The van der Waals surface area contributed by atoms with Crippen LogP contribution in [0.1, 0.15) is 28.8 Å². The van der Waals surface area contributed by atoms with Gasteiger partial charge >= 0.3 is 0 Å². The number of rotatable bonds is 4. The number of hydrogen-bond acceptors (Lipinski definition) is 3. The van der Waals surface area contributed by atoms with Crippen molar-refractivity contribution in [1.82, 2.24) is 10.2 Å². The number of benzene rings is 1. The van der Waals surface area contributed by atoms with Crippen LogP contribution in [0.2, 0.25) is 0 Å². The zero-order valence-corrected chi connectivity index (χ0v) is 12.9. The standard InChI is InChI=1S/C17H23N3O2/c1-11-2-4-13(5-3-11)17(22)19-8-16(21)20-9-14(12-6-7-12)15(18)10-20/h2-5,12,14-15H,6-10,18H2,1H3,(H,19,22)/t14-,15+/m0/s1. The van der Waals surface area contributed by atoms with Crippen molar-refractivity contribution in [3.63, 3.8) is 0 Å². The molecule has 1 saturated heterocycles. The zero-order chi connectivity index (χ0) is 15.7. The number of hydrogen-bond donors (Lipinski definition) is 2. The van der Waals surface area contributed by atoms with E-state index in [2.05, 4.69) is 5.32 Å². The minimum atomic E-state index is -0.212. The lowest BCUT2D eigenvalue weighted by Crippen LogP contribution is -2.40. The Labute approximate surface area is 130 Å². The number of nitrogens with one attached hydrogen (secondary N) is 1. The van der Waals surface area contributed by atoms with Gasteiger partial charge in [0.15, 0.2) is 0 Å². The highest BCUT2D eigenvalue weighted by Crippen LogP contribution is 2.40. The molecule has 3 rings (SSSR count). The Bertz CT molecular complexity index is 566. The fourth-order valence-corrected chi connectivity index (χ4v) is 3.16. The van der Waals surface area contributed by atoms with E-state index in [1.54, 1.807) is 17.0 Å². The monoisotopic (exact) mass is 301 g/mol. The summed E-state index contributed by atoms with van der Waals surface area (Å²) in [6.07, 6.45) is 2.48. The summed E-state index contributed by atoms with van der Waals surface area (Å²) in [6, 6.07) is 7.39. The number of nitrogens with zero attached hydrogens (tertiary/aromatic N) is 1. The molecule has 1 aromatic carbocycles. The molecule has 1 saturated carbocycles. The van der Waals surface area contributed by atoms with Gasteiger partial charge < -0.3 is 16.0 Å². The van der Waals surface area contributed by atoms with Crippen LogP contribution in [-0.4, -0.2) is 42.4 Å². The molecular formula is C17H23N3O2. The molecule has 1 aliphatic carbocycles. The number of nitrogens with two attached hydrogens (primary N) is 1. The molecule has 0 bridgehead atoms. The molecule has 5 nitrogen and oxygen atoms in total. The first-order valence-electron chi connectivity index (χ1n) is 7.93. The summed E-state index contributed by atoms with van der Waals surface area (Å²) in [6.45, 7) is 3.36. The van der Waals surface area contributed by atoms with Crippen molar-refractivity contribution in [2.75, 3.05) is 19.6 Å². The van der Waals surface area contributed by atoms with E-state index in [0.717, 1.165) is 12.1 Å². The van der Waals surface area contributed by atoms with E-state index in [4.69, 9.17) is 5.73 Å². The Morgan fingerprint density at radius 3 is 2.55 bits per heavy atom. The van der Waals surface area contributed by atoms with Gasteiger partial charge in [0.1, 0.15) is 0 Å². The number of amides is 2. The van der Waals surface area contributed by atoms with Crippen molar-refractivity contribution in [2.24, 2.45) is 17.6 Å². The summed E-state index contributed by atoms with van der Waals surface area (Å²) in [5.74, 6) is 0.890. The molecule has 2 aliphatic rings. The minimum absolute atomic E-state index is 0.0385. The van der Waals surface area contributed by atoms with Gasteiger partial charge in [0.2, 0.25) is 5.91 Å². The second kappa shape index (κ2) is 6.08. The lowest BCUT2D eigenvalue weighted by molar-refractivity contribution is -0.129. The van der Waals surface area contributed by atoms with Crippen LogP contribution in [0.3, 0.4) is 0 Å². The zero-order valence-electron chi connectivity index (χ0n) is 12.9. The van der Waals surface area contributed by atoms with Crippen LogP contribution in [0, 0.1) is 18.8 Å². The summed E-state index contributed by atoms with van der Waals surface area (Å²) < 4.78 is 0. The second-order valence-electron chi connectivity index (χ2n) is 6.51. The van der Waals surface area contributed by atoms with Crippen LogP contribution >= 0.6 is 0 Å². The number of likely N-dealkylation sites (tertiary alicyclic amines) is 1. The molecule has 118 valence electrons. The molecule has 2 atom stereocenters. The Balaban J connectivity index is 1.50. The molecule has 3 N–H and O–H groups in total. The van der Waals surface area contributed by atoms with E-state index in [1.807, 2.05) is 19.1 Å². The Hall–Kier alpha value is -1.88. The maximum absolute atomic E-state index is 12.2. The lowest BCUT2D eigenvalue weighted by Gasteiger charge is -2.16. The molecule has 2 fully saturated rings. The first kappa shape index (κ1) is 15.0. The first-order chi connectivity index (χ1) is 10.5. The van der Waals surface area contributed by atoms with Crippen molar-refractivity contribution in [1.29, 1.82) is 0 Å². The third kappa shape index (κ3) is 3.30. The minimum Gasteiger partial charge on any atom is -0.343 e. The van der Waals surface area contributed by atoms with Crippen LogP contribution in [0.15, 0.2) is 24.3 Å². The van der Waals surface area contributed by atoms with Gasteiger partial charge in [-0.1, -0.05) is 17.7 Å². The quantitative estimate of drug-likeness (QED) is 0.868. The summed E-state index contributed by atoms with van der Waals surface area (Å²) >= 11 is 0. The molecule has 0 unspecified atom stereocenters. The van der Waals surface area contributed by atoms with Crippen molar-refractivity contribution >= 4 is 11.8 Å². The fourth-order valence-electron chi connectivity index (χ4n) is 3.16. The van der Waals surface area contributed by atoms with Gasteiger partial charge in [-0.2, -0.15) is 0 Å². The van der Waals surface area contributed by atoms with Crippen LogP contribution in [0.5, 0.6) is 0 Å². The molecule has 2 amide bonds. The van der Waals surface area contributed by atoms with Gasteiger partial charge in [0, 0.05) is 24.7 Å². The summed E-state index contributed by atoms with van der Waals surface area (Å²) in [7, 11) is 0. The topological polar surface area (TPSA) is 75.4 Å². The summed E-state index contributed by atoms with van der Waals surface area (Å²) in [5.41, 5.74) is 7.81. The van der Waals surface area contributed by atoms with Gasteiger partial charge in [-0.3, -0.25) is 9.59 Å². The van der Waals surface area contributed by atoms with Gasteiger partial charge in [-0.15, -0.1) is 0 Å². The van der Waals surface area contributed by atoms with E-state index in [-0.39, 0.29) is 24.4 Å². The average molecular weight is 301 g/mol. The van der Waals surface area contributed by atoms with Gasteiger partial charge in [0.25, 0.3) is 5.91 Å². The van der Waals surface area contributed by atoms with Gasteiger partial charge in [0.05, 0.1) is 6.54 Å². The third-order valence-electron chi connectivity index (χ3n) is 4.71. The summed E-state index contributed by atoms with van der Waals surface area (Å²) in [4.78, 5) is 26.0. The van der Waals surface area contributed by atoms with Gasteiger partial charge in [-0.05, 0) is 43.7 Å². The first-order valence-corrected chi connectivity index (χ1v) is 7.93. The molecule has 1 heterocycles. The highest BCUT2D eigenvalue weighted by Gasteiger charge is 2.41. The van der Waals surface area contributed by atoms with Crippen molar-refractivity contribution in [3.8, 4) is 0 Å². The molecule has 0 spiro atoms. The lowest BCUT2D eigenvalue weighted by atomic mass is 9.99. The normalized spacial score (nSPS) is 24.4. The predicted molar refractivity (Wildman–Crippen MR) is 84.3 cm³/mol. The van der Waals surface area contributed by atoms with Crippen molar-refractivity contribution in [2.45, 2.75) is 25.8 Å². The largest absolute Gasteiger partial charge is 0.343 e. The third-order valence-corrected chi connectivity index (χ3v) is 4.71. The van der Waals surface area contributed by atoms with Crippen molar-refractivity contribution < 1.29 is 9.59 Å².